The summed E-state index contributed by atoms with van der Waals surface area (Å²) in [5.41, 5.74) is 2.56. The summed E-state index contributed by atoms with van der Waals surface area (Å²) in [6.45, 7) is 4.09. The molecule has 0 spiro atoms. The fraction of sp³-hybridized carbons (Fsp3) is 0.350. The molecule has 1 aliphatic heterocycles. The molecular weight excluding hydrogens is 339 g/mol. The van der Waals surface area contributed by atoms with E-state index in [0.717, 1.165) is 35.4 Å². The fourth-order valence-corrected chi connectivity index (χ4v) is 3.19. The highest BCUT2D eigenvalue weighted by molar-refractivity contribution is 6.36. The number of nitrogens with one attached hydrogen (secondary N) is 1. The van der Waals surface area contributed by atoms with Crippen molar-refractivity contribution in [1.82, 2.24) is 0 Å². The number of rotatable bonds is 4. The molecule has 2 aromatic rings. The second kappa shape index (κ2) is 7.44. The van der Waals surface area contributed by atoms with Crippen LogP contribution in [0, 0.1) is 5.82 Å². The van der Waals surface area contributed by atoms with E-state index in [2.05, 4.69) is 5.32 Å². The molecule has 25 heavy (non-hydrogen) atoms. The Balaban J connectivity index is 0.00000225. The van der Waals surface area contributed by atoms with Gasteiger partial charge in [-0.2, -0.15) is 0 Å². The Bertz CT molecular complexity index is 783. The van der Waals surface area contributed by atoms with Gasteiger partial charge in [0.2, 0.25) is 0 Å². The van der Waals surface area contributed by atoms with Gasteiger partial charge in [0.1, 0.15) is 11.6 Å². The van der Waals surface area contributed by atoms with Gasteiger partial charge in [0.15, 0.2) is 5.72 Å². The Morgan fingerprint density at radius 3 is 2.36 bits per heavy atom. The van der Waals surface area contributed by atoms with Crippen LogP contribution in [-0.2, 0) is 0 Å². The third kappa shape index (κ3) is 3.49. The van der Waals surface area contributed by atoms with Gasteiger partial charge in [0.05, 0.1) is 16.3 Å². The average molecular weight is 363 g/mol. The molecule has 0 atom stereocenters. The van der Waals surface area contributed by atoms with Crippen LogP contribution in [0.5, 0.6) is 5.75 Å². The smallest absolute Gasteiger partial charge is 0.200 e. The van der Waals surface area contributed by atoms with Crippen molar-refractivity contribution in [2.45, 2.75) is 39.8 Å². The first-order valence-corrected chi connectivity index (χ1v) is 8.46. The summed E-state index contributed by atoms with van der Waals surface area (Å²) < 4.78 is 19.5. The Labute approximate surface area is 153 Å². The summed E-state index contributed by atoms with van der Waals surface area (Å²) in [6.07, 6.45) is 1.46. The van der Waals surface area contributed by atoms with Crippen molar-refractivity contribution in [2.75, 3.05) is 12.4 Å². The molecule has 2 aromatic carbocycles. The van der Waals surface area contributed by atoms with Crippen molar-refractivity contribution in [3.63, 3.8) is 0 Å². The molecule has 0 amide bonds. The maximum absolute atomic E-state index is 13.3. The lowest BCUT2D eigenvalue weighted by molar-refractivity contribution is 0.0660. The minimum atomic E-state index is -0.633. The van der Waals surface area contributed by atoms with Crippen LogP contribution < -0.4 is 10.1 Å². The first-order valence-electron chi connectivity index (χ1n) is 8.08. The number of fused-ring (bicyclic) bond motifs is 1. The van der Waals surface area contributed by atoms with Gasteiger partial charge >= 0.3 is 0 Å². The third-order valence-electron chi connectivity index (χ3n) is 4.42. The molecule has 1 heterocycles. The maximum atomic E-state index is 13.3. The van der Waals surface area contributed by atoms with Crippen molar-refractivity contribution >= 4 is 23.0 Å². The number of halogens is 2. The molecule has 0 radical (unpaired) electrons. The number of ether oxygens (including phenoxy) is 1. The van der Waals surface area contributed by atoms with Crippen LogP contribution in [0.2, 0.25) is 5.02 Å². The van der Waals surface area contributed by atoms with E-state index < -0.39 is 5.72 Å². The normalized spacial score (nSPS) is 14.7. The maximum Gasteiger partial charge on any atom is 0.200 e. The van der Waals surface area contributed by atoms with Crippen molar-refractivity contribution in [2.24, 2.45) is 4.99 Å². The van der Waals surface area contributed by atoms with Gasteiger partial charge in [0.25, 0.3) is 0 Å². The Hall–Kier alpha value is -2.07. The molecule has 1 aliphatic rings. The molecule has 0 saturated carbocycles. The van der Waals surface area contributed by atoms with Crippen LogP contribution in [0.3, 0.4) is 0 Å². The largest absolute Gasteiger partial charge is 0.465 e. The van der Waals surface area contributed by atoms with Gasteiger partial charge in [0, 0.05) is 37.2 Å². The van der Waals surface area contributed by atoms with Crippen molar-refractivity contribution in [3.05, 3.63) is 58.4 Å². The molecule has 1 N–H and O–H groups in total. The first-order chi connectivity index (χ1) is 11.5. The molecule has 0 saturated heterocycles. The van der Waals surface area contributed by atoms with Gasteiger partial charge in [-0.1, -0.05) is 32.9 Å². The number of hydrogen-bond acceptors (Lipinski definition) is 3. The molecule has 134 valence electrons. The minimum absolute atomic E-state index is 0. The summed E-state index contributed by atoms with van der Waals surface area (Å²) in [7, 11) is 1.84. The Morgan fingerprint density at radius 1 is 1.16 bits per heavy atom. The monoisotopic (exact) mass is 362 g/mol. The molecule has 0 fully saturated rings. The van der Waals surface area contributed by atoms with Crippen LogP contribution in [0.1, 0.15) is 45.2 Å². The zero-order valence-electron chi connectivity index (χ0n) is 14.0. The summed E-state index contributed by atoms with van der Waals surface area (Å²) >= 11 is 6.51. The average Bonchev–Trinajstić information content (AvgIpc) is 2.61. The van der Waals surface area contributed by atoms with E-state index in [4.69, 9.17) is 21.3 Å². The quantitative estimate of drug-likeness (QED) is 0.734. The van der Waals surface area contributed by atoms with Crippen molar-refractivity contribution < 1.29 is 9.13 Å². The van der Waals surface area contributed by atoms with E-state index in [9.17, 15) is 4.39 Å². The second-order valence-electron chi connectivity index (χ2n) is 5.80. The topological polar surface area (TPSA) is 33.6 Å². The van der Waals surface area contributed by atoms with E-state index in [1.807, 2.05) is 33.0 Å². The molecule has 0 unspecified atom stereocenters. The van der Waals surface area contributed by atoms with Crippen LogP contribution in [0.15, 0.2) is 41.4 Å². The van der Waals surface area contributed by atoms with Gasteiger partial charge in [-0.25, -0.2) is 9.38 Å². The second-order valence-corrected chi connectivity index (χ2v) is 6.21. The Morgan fingerprint density at radius 2 is 1.80 bits per heavy atom. The number of hydrogen-bond donors (Lipinski definition) is 1. The number of benzene rings is 2. The lowest BCUT2D eigenvalue weighted by Crippen LogP contribution is -2.37. The highest BCUT2D eigenvalue weighted by atomic mass is 35.5. The standard InChI is InChI=1S/C19H20ClFN2O.CH4/c1-4-19(5-2)23-18(12-6-8-13(21)9-7-12)17-15(20)10-14(22-3)11-16(17)24-19;/h6-11,22H,4-5H2,1-3H3;1H4. The minimum Gasteiger partial charge on any atom is -0.465 e. The molecule has 0 aromatic heterocycles. The first kappa shape index (κ1) is 19.3. The molecular formula is C20H24ClFN2O. The molecule has 5 heteroatoms. The lowest BCUT2D eigenvalue weighted by Gasteiger charge is -2.35. The van der Waals surface area contributed by atoms with E-state index in [0.29, 0.717) is 10.8 Å². The van der Waals surface area contributed by atoms with Crippen molar-refractivity contribution in [1.29, 1.82) is 0 Å². The van der Waals surface area contributed by atoms with Crippen LogP contribution in [0.4, 0.5) is 10.1 Å². The number of aliphatic imine (C=N–C) groups is 1. The highest BCUT2D eigenvalue weighted by Gasteiger charge is 2.35. The lowest BCUT2D eigenvalue weighted by atomic mass is 9.96. The third-order valence-corrected chi connectivity index (χ3v) is 4.72. The van der Waals surface area contributed by atoms with E-state index in [-0.39, 0.29) is 13.2 Å². The van der Waals surface area contributed by atoms with Gasteiger partial charge in [-0.05, 0) is 30.3 Å². The van der Waals surface area contributed by atoms with Crippen LogP contribution in [-0.4, -0.2) is 18.5 Å². The van der Waals surface area contributed by atoms with E-state index >= 15 is 0 Å². The number of anilines is 1. The number of nitrogens with zero attached hydrogens (tertiary/aromatic N) is 1. The molecule has 3 rings (SSSR count). The predicted octanol–water partition coefficient (Wildman–Crippen LogP) is 5.90. The van der Waals surface area contributed by atoms with Crippen LogP contribution >= 0.6 is 11.6 Å². The summed E-state index contributed by atoms with van der Waals surface area (Å²) in [6, 6.07) is 10.1. The molecule has 0 aliphatic carbocycles. The SMILES string of the molecule is C.CCC1(CC)N=C(c2ccc(F)cc2)c2c(Cl)cc(NC)cc2O1. The van der Waals surface area contributed by atoms with E-state index in [1.165, 1.54) is 12.1 Å². The van der Waals surface area contributed by atoms with Gasteiger partial charge in [-0.3, -0.25) is 0 Å². The van der Waals surface area contributed by atoms with E-state index in [1.54, 1.807) is 12.1 Å². The van der Waals surface area contributed by atoms with Gasteiger partial charge in [-0.15, -0.1) is 0 Å². The fourth-order valence-electron chi connectivity index (χ4n) is 2.89. The van der Waals surface area contributed by atoms with Crippen molar-refractivity contribution in [3.8, 4) is 5.75 Å². The Kier molecular flexibility index (Phi) is 5.73. The molecule has 3 nitrogen and oxygen atoms in total. The molecule has 0 bridgehead atoms. The zero-order valence-corrected chi connectivity index (χ0v) is 14.7. The van der Waals surface area contributed by atoms with Gasteiger partial charge < -0.3 is 10.1 Å². The highest BCUT2D eigenvalue weighted by Crippen LogP contribution is 2.41. The predicted molar refractivity (Wildman–Crippen MR) is 104 cm³/mol. The van der Waals surface area contributed by atoms with Crippen LogP contribution in [0.25, 0.3) is 0 Å². The summed E-state index contributed by atoms with van der Waals surface area (Å²) in [5.74, 6) is 0.422. The summed E-state index contributed by atoms with van der Waals surface area (Å²) in [5, 5.41) is 3.65. The zero-order chi connectivity index (χ0) is 17.3. The summed E-state index contributed by atoms with van der Waals surface area (Å²) in [4.78, 5) is 4.87.